The van der Waals surface area contributed by atoms with Gasteiger partial charge in [-0.15, -0.1) is 0 Å². The van der Waals surface area contributed by atoms with Crippen LogP contribution < -0.4 is 5.32 Å². The van der Waals surface area contributed by atoms with E-state index in [9.17, 15) is 4.79 Å². The zero-order chi connectivity index (χ0) is 10.7. The van der Waals surface area contributed by atoms with E-state index in [1.54, 1.807) is 25.3 Å². The van der Waals surface area contributed by atoms with Gasteiger partial charge >= 0.3 is 0 Å². The lowest BCUT2D eigenvalue weighted by molar-refractivity contribution is -0.116. The molecule has 74 valence electrons. The molecule has 0 rings (SSSR count). The maximum atomic E-state index is 11.0. The highest BCUT2D eigenvalue weighted by Crippen LogP contribution is 1.96. The summed E-state index contributed by atoms with van der Waals surface area (Å²) in [5.41, 5.74) is 0.616. The number of allylic oxidation sites excluding steroid dienone is 3. The average Bonchev–Trinajstić information content (AvgIpc) is 2.19. The number of amides is 1. The zero-order valence-corrected chi connectivity index (χ0v) is 8.92. The SMILES string of the molecule is C=C/C=C(\C=C/C)C(=O)NC.CC. The lowest BCUT2D eigenvalue weighted by Crippen LogP contribution is -2.18. The molecule has 0 spiro atoms. The third-order valence-electron chi connectivity index (χ3n) is 1.13. The molecule has 0 heterocycles. The average molecular weight is 181 g/mol. The minimum Gasteiger partial charge on any atom is -0.355 e. The minimum atomic E-state index is -0.0944. The van der Waals surface area contributed by atoms with Crippen molar-refractivity contribution in [2.45, 2.75) is 20.8 Å². The summed E-state index contributed by atoms with van der Waals surface area (Å²) >= 11 is 0. The summed E-state index contributed by atoms with van der Waals surface area (Å²) in [7, 11) is 1.60. The molecule has 0 fully saturated rings. The standard InChI is InChI=1S/C9H13NO.C2H6/c1-4-6-8(7-5-2)9(11)10-3;1-2/h4-7H,1H2,2-3H3,(H,10,11);1-2H3/b7-5-,8-6+;. The van der Waals surface area contributed by atoms with Crippen LogP contribution in [0.15, 0.2) is 36.5 Å². The topological polar surface area (TPSA) is 29.1 Å². The third-order valence-corrected chi connectivity index (χ3v) is 1.13. The summed E-state index contributed by atoms with van der Waals surface area (Å²) in [6.45, 7) is 9.37. The number of hydrogen-bond donors (Lipinski definition) is 1. The van der Waals surface area contributed by atoms with Gasteiger partial charge in [0.2, 0.25) is 0 Å². The molecular weight excluding hydrogens is 162 g/mol. The van der Waals surface area contributed by atoms with Crippen LogP contribution in [0.4, 0.5) is 0 Å². The molecule has 0 bridgehead atoms. The van der Waals surface area contributed by atoms with Crippen LogP contribution in [0.2, 0.25) is 0 Å². The second-order valence-electron chi connectivity index (χ2n) is 1.94. The van der Waals surface area contributed by atoms with E-state index in [1.165, 1.54) is 0 Å². The first-order valence-electron chi connectivity index (χ1n) is 4.43. The fourth-order valence-corrected chi connectivity index (χ4v) is 0.658. The fraction of sp³-hybridized carbons (Fsp3) is 0.364. The summed E-state index contributed by atoms with van der Waals surface area (Å²) in [6.07, 6.45) is 6.80. The van der Waals surface area contributed by atoms with Crippen LogP contribution in [0.3, 0.4) is 0 Å². The summed E-state index contributed by atoms with van der Waals surface area (Å²) in [5.74, 6) is -0.0944. The molecule has 13 heavy (non-hydrogen) atoms. The maximum absolute atomic E-state index is 11.0. The van der Waals surface area contributed by atoms with E-state index < -0.39 is 0 Å². The number of carbonyl (C=O) groups excluding carboxylic acids is 1. The molecule has 0 unspecified atom stereocenters. The Kier molecular flexibility index (Phi) is 11.7. The number of carbonyl (C=O) groups is 1. The highest BCUT2D eigenvalue weighted by Gasteiger charge is 1.99. The predicted octanol–water partition coefficient (Wildman–Crippen LogP) is 2.45. The summed E-state index contributed by atoms with van der Waals surface area (Å²) < 4.78 is 0. The van der Waals surface area contributed by atoms with Crippen molar-refractivity contribution in [3.05, 3.63) is 36.5 Å². The van der Waals surface area contributed by atoms with E-state index in [1.807, 2.05) is 26.8 Å². The van der Waals surface area contributed by atoms with E-state index in [0.717, 1.165) is 0 Å². The Morgan fingerprint density at radius 2 is 1.92 bits per heavy atom. The van der Waals surface area contributed by atoms with Gasteiger partial charge in [0.25, 0.3) is 5.91 Å². The van der Waals surface area contributed by atoms with Crippen molar-refractivity contribution in [2.75, 3.05) is 7.05 Å². The number of likely N-dealkylation sites (N-methyl/N-ethyl adjacent to an activating group) is 1. The highest BCUT2D eigenvalue weighted by atomic mass is 16.1. The summed E-state index contributed by atoms with van der Waals surface area (Å²) in [6, 6.07) is 0. The van der Waals surface area contributed by atoms with Gasteiger partial charge in [0.05, 0.1) is 0 Å². The van der Waals surface area contributed by atoms with Crippen LogP contribution in [0, 0.1) is 0 Å². The maximum Gasteiger partial charge on any atom is 0.251 e. The van der Waals surface area contributed by atoms with Crippen molar-refractivity contribution in [1.82, 2.24) is 5.32 Å². The highest BCUT2D eigenvalue weighted by molar-refractivity contribution is 5.96. The van der Waals surface area contributed by atoms with Crippen molar-refractivity contribution in [1.29, 1.82) is 0 Å². The molecule has 0 aromatic rings. The first-order chi connectivity index (χ1) is 6.26. The van der Waals surface area contributed by atoms with E-state index in [-0.39, 0.29) is 5.91 Å². The van der Waals surface area contributed by atoms with E-state index in [2.05, 4.69) is 11.9 Å². The molecular formula is C11H19NO. The van der Waals surface area contributed by atoms with Crippen molar-refractivity contribution in [3.8, 4) is 0 Å². The molecule has 0 aromatic carbocycles. The van der Waals surface area contributed by atoms with E-state index in [0.29, 0.717) is 5.57 Å². The first kappa shape index (κ1) is 14.2. The van der Waals surface area contributed by atoms with Crippen molar-refractivity contribution in [3.63, 3.8) is 0 Å². The quantitative estimate of drug-likeness (QED) is 0.526. The molecule has 2 nitrogen and oxygen atoms in total. The Labute approximate surface area is 81.0 Å². The van der Waals surface area contributed by atoms with Crippen molar-refractivity contribution in [2.24, 2.45) is 0 Å². The molecule has 1 amide bonds. The fourth-order valence-electron chi connectivity index (χ4n) is 0.658. The lowest BCUT2D eigenvalue weighted by Gasteiger charge is -1.97. The van der Waals surface area contributed by atoms with Crippen LogP contribution in [0.5, 0.6) is 0 Å². The molecule has 2 heteroatoms. The number of hydrogen-bond acceptors (Lipinski definition) is 1. The van der Waals surface area contributed by atoms with Crippen LogP contribution in [0.1, 0.15) is 20.8 Å². The number of nitrogens with one attached hydrogen (secondary N) is 1. The van der Waals surface area contributed by atoms with Gasteiger partial charge in [-0.2, -0.15) is 0 Å². The predicted molar refractivity (Wildman–Crippen MR) is 58.5 cm³/mol. The van der Waals surface area contributed by atoms with Crippen molar-refractivity contribution < 1.29 is 4.79 Å². The first-order valence-corrected chi connectivity index (χ1v) is 4.43. The van der Waals surface area contributed by atoms with Gasteiger partial charge < -0.3 is 5.32 Å². The molecule has 0 saturated carbocycles. The van der Waals surface area contributed by atoms with Crippen LogP contribution in [-0.4, -0.2) is 13.0 Å². The Bertz CT molecular complexity index is 202. The second-order valence-corrected chi connectivity index (χ2v) is 1.94. The monoisotopic (exact) mass is 181 g/mol. The van der Waals surface area contributed by atoms with Crippen LogP contribution in [0.25, 0.3) is 0 Å². The summed E-state index contributed by atoms with van der Waals surface area (Å²) in [4.78, 5) is 11.0. The Balaban J connectivity index is 0. The van der Waals surface area contributed by atoms with Gasteiger partial charge in [0.15, 0.2) is 0 Å². The molecule has 0 aliphatic rings. The Morgan fingerprint density at radius 1 is 1.38 bits per heavy atom. The third kappa shape index (κ3) is 7.06. The summed E-state index contributed by atoms with van der Waals surface area (Å²) in [5, 5.41) is 2.53. The molecule has 0 saturated heterocycles. The largest absolute Gasteiger partial charge is 0.355 e. The normalized spacial score (nSPS) is 10.3. The molecule has 0 radical (unpaired) electrons. The van der Waals surface area contributed by atoms with E-state index in [4.69, 9.17) is 0 Å². The van der Waals surface area contributed by atoms with Crippen molar-refractivity contribution >= 4 is 5.91 Å². The zero-order valence-electron chi connectivity index (χ0n) is 8.92. The smallest absolute Gasteiger partial charge is 0.251 e. The Morgan fingerprint density at radius 3 is 2.23 bits per heavy atom. The number of rotatable bonds is 3. The van der Waals surface area contributed by atoms with Crippen LogP contribution in [-0.2, 0) is 4.79 Å². The van der Waals surface area contributed by atoms with Gasteiger partial charge in [-0.05, 0) is 6.92 Å². The Hall–Kier alpha value is -1.31. The van der Waals surface area contributed by atoms with Gasteiger partial charge in [-0.3, -0.25) is 4.79 Å². The van der Waals surface area contributed by atoms with Gasteiger partial charge in [0, 0.05) is 12.6 Å². The van der Waals surface area contributed by atoms with E-state index >= 15 is 0 Å². The van der Waals surface area contributed by atoms with Gasteiger partial charge in [-0.25, -0.2) is 0 Å². The second kappa shape index (κ2) is 10.7. The molecule has 1 N–H and O–H groups in total. The molecule has 0 aromatic heterocycles. The van der Waals surface area contributed by atoms with Gasteiger partial charge in [0.1, 0.15) is 0 Å². The lowest BCUT2D eigenvalue weighted by atomic mass is 10.2. The van der Waals surface area contributed by atoms with Gasteiger partial charge in [-0.1, -0.05) is 44.7 Å². The molecule has 0 atom stereocenters. The van der Waals surface area contributed by atoms with Crippen LogP contribution >= 0.6 is 0 Å². The minimum absolute atomic E-state index is 0.0944. The molecule has 0 aliphatic carbocycles. The molecule has 0 aliphatic heterocycles.